The van der Waals surface area contributed by atoms with Crippen molar-refractivity contribution in [2.24, 2.45) is 0 Å². The van der Waals surface area contributed by atoms with Gasteiger partial charge in [0, 0.05) is 17.8 Å². The maximum atomic E-state index is 4.70. The van der Waals surface area contributed by atoms with Gasteiger partial charge in [-0.2, -0.15) is 5.10 Å². The zero-order valence-corrected chi connectivity index (χ0v) is 11.9. The van der Waals surface area contributed by atoms with Crippen molar-refractivity contribution in [3.63, 3.8) is 0 Å². The van der Waals surface area contributed by atoms with E-state index in [2.05, 4.69) is 23.1 Å². The lowest BCUT2D eigenvalue weighted by molar-refractivity contribution is 0.392. The van der Waals surface area contributed by atoms with Gasteiger partial charge in [-0.25, -0.2) is 0 Å². The second kappa shape index (κ2) is 6.93. The van der Waals surface area contributed by atoms with Crippen molar-refractivity contribution < 1.29 is 0 Å². The molecule has 0 atom stereocenters. The van der Waals surface area contributed by atoms with Crippen LogP contribution in [0, 0.1) is 0 Å². The molecule has 1 N–H and O–H groups in total. The fraction of sp³-hybridized carbons (Fsp3) is 0.800. The van der Waals surface area contributed by atoms with Crippen LogP contribution in [0.15, 0.2) is 6.20 Å². The lowest BCUT2D eigenvalue weighted by Gasteiger charge is -2.18. The molecule has 1 aliphatic rings. The summed E-state index contributed by atoms with van der Waals surface area (Å²) in [5.74, 6) is 0. The summed E-state index contributed by atoms with van der Waals surface area (Å²) < 4.78 is 2.35. The van der Waals surface area contributed by atoms with Gasteiger partial charge in [-0.3, -0.25) is 4.68 Å². The highest BCUT2D eigenvalue weighted by Gasteiger charge is 2.19. The zero-order chi connectivity index (χ0) is 12.8. The Morgan fingerprint density at radius 3 is 2.61 bits per heavy atom. The highest BCUT2D eigenvalue weighted by molar-refractivity contribution is 5.18. The number of nitrogens with zero attached hydrogens (tertiary/aromatic N) is 2. The molecule has 1 fully saturated rings. The molecule has 0 aromatic carbocycles. The molecule has 0 aliphatic heterocycles. The Kier molecular flexibility index (Phi) is 5.24. The predicted octanol–water partition coefficient (Wildman–Crippen LogP) is 3.45. The van der Waals surface area contributed by atoms with Crippen molar-refractivity contribution in [3.05, 3.63) is 17.5 Å². The Morgan fingerprint density at radius 1 is 1.28 bits per heavy atom. The molecule has 0 unspecified atom stereocenters. The summed E-state index contributed by atoms with van der Waals surface area (Å²) in [4.78, 5) is 0. The van der Waals surface area contributed by atoms with Crippen LogP contribution in [0.1, 0.15) is 69.2 Å². The van der Waals surface area contributed by atoms with Crippen molar-refractivity contribution >= 4 is 0 Å². The highest BCUT2D eigenvalue weighted by Crippen LogP contribution is 2.29. The fourth-order valence-electron chi connectivity index (χ4n) is 3.09. The molecule has 0 radical (unpaired) electrons. The van der Waals surface area contributed by atoms with Gasteiger partial charge in [0.15, 0.2) is 0 Å². The normalized spacial score (nSPS) is 17.9. The lowest BCUT2D eigenvalue weighted by Crippen LogP contribution is -2.15. The molecule has 18 heavy (non-hydrogen) atoms. The van der Waals surface area contributed by atoms with E-state index in [1.807, 2.05) is 7.05 Å². The maximum Gasteiger partial charge on any atom is 0.0537 e. The minimum atomic E-state index is 0.652. The first-order valence-corrected chi connectivity index (χ1v) is 7.56. The van der Waals surface area contributed by atoms with Crippen LogP contribution >= 0.6 is 0 Å². The van der Waals surface area contributed by atoms with E-state index < -0.39 is 0 Å². The average molecular weight is 249 g/mol. The van der Waals surface area contributed by atoms with E-state index in [1.54, 1.807) is 0 Å². The highest BCUT2D eigenvalue weighted by atomic mass is 15.3. The van der Waals surface area contributed by atoms with Gasteiger partial charge in [0.25, 0.3) is 0 Å². The van der Waals surface area contributed by atoms with Crippen molar-refractivity contribution in [1.82, 2.24) is 15.1 Å². The fourth-order valence-corrected chi connectivity index (χ4v) is 3.09. The zero-order valence-electron chi connectivity index (χ0n) is 11.9. The number of nitrogens with one attached hydrogen (secondary N) is 1. The van der Waals surface area contributed by atoms with E-state index in [0.717, 1.165) is 13.0 Å². The lowest BCUT2D eigenvalue weighted by atomic mass is 10.1. The number of rotatable bonds is 5. The molecular weight excluding hydrogens is 222 g/mol. The molecule has 3 nitrogen and oxygen atoms in total. The molecule has 0 spiro atoms. The largest absolute Gasteiger partial charge is 0.316 e. The second-order valence-electron chi connectivity index (χ2n) is 5.49. The van der Waals surface area contributed by atoms with Crippen LogP contribution in [0.25, 0.3) is 0 Å². The molecule has 1 aromatic heterocycles. The van der Waals surface area contributed by atoms with Crippen LogP contribution in [0.3, 0.4) is 0 Å². The van der Waals surface area contributed by atoms with Gasteiger partial charge in [0.2, 0.25) is 0 Å². The minimum absolute atomic E-state index is 0.652. The van der Waals surface area contributed by atoms with Gasteiger partial charge in [0.1, 0.15) is 0 Å². The SMILES string of the molecule is CCCc1c(CNC)cnn1C1CCCCCC1. The molecular formula is C15H27N3. The minimum Gasteiger partial charge on any atom is -0.316 e. The van der Waals surface area contributed by atoms with Crippen LogP contribution in [-0.4, -0.2) is 16.8 Å². The summed E-state index contributed by atoms with van der Waals surface area (Å²) in [6, 6.07) is 0.652. The molecule has 1 aliphatic carbocycles. The van der Waals surface area contributed by atoms with Gasteiger partial charge in [-0.05, 0) is 26.3 Å². The third-order valence-corrected chi connectivity index (χ3v) is 4.01. The number of aromatic nitrogens is 2. The third-order valence-electron chi connectivity index (χ3n) is 4.01. The summed E-state index contributed by atoms with van der Waals surface area (Å²) in [7, 11) is 2.01. The first-order chi connectivity index (χ1) is 8.86. The van der Waals surface area contributed by atoms with Gasteiger partial charge in [-0.15, -0.1) is 0 Å². The summed E-state index contributed by atoms with van der Waals surface area (Å²) in [6.45, 7) is 3.20. The standard InChI is InChI=1S/C15H27N3/c1-3-8-15-13(11-16-2)12-17-18(15)14-9-6-4-5-7-10-14/h12,14,16H,3-11H2,1-2H3. The van der Waals surface area contributed by atoms with Gasteiger partial charge in [0.05, 0.1) is 12.2 Å². The molecule has 1 saturated carbocycles. The van der Waals surface area contributed by atoms with Crippen molar-refractivity contribution in [2.75, 3.05) is 7.05 Å². The van der Waals surface area contributed by atoms with E-state index in [9.17, 15) is 0 Å². The molecule has 0 saturated heterocycles. The molecule has 0 amide bonds. The quantitative estimate of drug-likeness (QED) is 0.810. The predicted molar refractivity (Wildman–Crippen MR) is 75.7 cm³/mol. The van der Waals surface area contributed by atoms with E-state index in [1.165, 1.54) is 56.2 Å². The van der Waals surface area contributed by atoms with Crippen LogP contribution in [-0.2, 0) is 13.0 Å². The first-order valence-electron chi connectivity index (χ1n) is 7.56. The molecule has 2 rings (SSSR count). The van der Waals surface area contributed by atoms with Gasteiger partial charge in [-0.1, -0.05) is 39.0 Å². The van der Waals surface area contributed by atoms with E-state index in [-0.39, 0.29) is 0 Å². The third kappa shape index (κ3) is 3.14. The van der Waals surface area contributed by atoms with E-state index in [0.29, 0.717) is 6.04 Å². The summed E-state index contributed by atoms with van der Waals surface area (Å²) in [5, 5.41) is 7.95. The average Bonchev–Trinajstić information content (AvgIpc) is 2.62. The van der Waals surface area contributed by atoms with E-state index >= 15 is 0 Å². The van der Waals surface area contributed by atoms with Crippen molar-refractivity contribution in [2.45, 2.75) is 70.9 Å². The summed E-state index contributed by atoms with van der Waals surface area (Å²) in [6.07, 6.45) is 12.6. The Hall–Kier alpha value is -0.830. The Balaban J connectivity index is 2.19. The molecule has 0 bridgehead atoms. The monoisotopic (exact) mass is 249 g/mol. The molecule has 3 heteroatoms. The smallest absolute Gasteiger partial charge is 0.0537 e. The molecule has 102 valence electrons. The summed E-state index contributed by atoms with van der Waals surface area (Å²) in [5.41, 5.74) is 2.86. The van der Waals surface area contributed by atoms with Crippen molar-refractivity contribution in [3.8, 4) is 0 Å². The van der Waals surface area contributed by atoms with Crippen LogP contribution in [0.2, 0.25) is 0 Å². The van der Waals surface area contributed by atoms with Gasteiger partial charge < -0.3 is 5.32 Å². The molecule has 1 heterocycles. The van der Waals surface area contributed by atoms with Crippen LogP contribution < -0.4 is 5.32 Å². The Labute approximate surface area is 111 Å². The second-order valence-corrected chi connectivity index (χ2v) is 5.49. The van der Waals surface area contributed by atoms with E-state index in [4.69, 9.17) is 5.10 Å². The topological polar surface area (TPSA) is 29.9 Å². The Morgan fingerprint density at radius 2 is 2.00 bits per heavy atom. The first kappa shape index (κ1) is 13.6. The Bertz CT molecular complexity index is 349. The van der Waals surface area contributed by atoms with Crippen LogP contribution in [0.5, 0.6) is 0 Å². The number of hydrogen-bond donors (Lipinski definition) is 1. The maximum absolute atomic E-state index is 4.70. The van der Waals surface area contributed by atoms with Crippen LogP contribution in [0.4, 0.5) is 0 Å². The molecule has 1 aromatic rings. The van der Waals surface area contributed by atoms with Crippen molar-refractivity contribution in [1.29, 1.82) is 0 Å². The summed E-state index contributed by atoms with van der Waals surface area (Å²) >= 11 is 0. The number of hydrogen-bond acceptors (Lipinski definition) is 2. The van der Waals surface area contributed by atoms with Gasteiger partial charge >= 0.3 is 0 Å².